The highest BCUT2D eigenvalue weighted by Gasteiger charge is 2.29. The van der Waals surface area contributed by atoms with Gasteiger partial charge < -0.3 is 14.2 Å². The minimum atomic E-state index is -0.525. The van der Waals surface area contributed by atoms with E-state index in [1.165, 1.54) is 0 Å². The number of hydrogen-bond acceptors (Lipinski definition) is 7. The first-order valence-electron chi connectivity index (χ1n) is 9.78. The first-order valence-corrected chi connectivity index (χ1v) is 9.78. The van der Waals surface area contributed by atoms with Gasteiger partial charge in [-0.25, -0.2) is 4.98 Å². The summed E-state index contributed by atoms with van der Waals surface area (Å²) < 4.78 is 11.2. The Bertz CT molecular complexity index is 932. The second-order valence-electron chi connectivity index (χ2n) is 7.17. The van der Waals surface area contributed by atoms with E-state index in [0.717, 1.165) is 19.4 Å². The van der Waals surface area contributed by atoms with Crippen LogP contribution in [-0.4, -0.2) is 50.1 Å². The normalized spacial score (nSPS) is 17.7. The first kappa shape index (κ1) is 19.0. The zero-order chi connectivity index (χ0) is 20.1. The zero-order valence-corrected chi connectivity index (χ0v) is 16.3. The van der Waals surface area contributed by atoms with E-state index in [-0.39, 0.29) is 11.8 Å². The molecule has 1 fully saturated rings. The Morgan fingerprint density at radius 3 is 2.97 bits per heavy atom. The summed E-state index contributed by atoms with van der Waals surface area (Å²) in [5.74, 6) is 1.96. The molecule has 0 N–H and O–H groups in total. The second-order valence-corrected chi connectivity index (χ2v) is 7.17. The van der Waals surface area contributed by atoms with Crippen LogP contribution in [0.15, 0.2) is 53.4 Å². The molecule has 1 saturated heterocycles. The molecular formula is C21H23N5O3. The Balaban J connectivity index is 1.35. The van der Waals surface area contributed by atoms with Gasteiger partial charge in [0.15, 0.2) is 6.10 Å². The van der Waals surface area contributed by atoms with Crippen LogP contribution in [0, 0.1) is 5.92 Å². The molecule has 0 aliphatic carbocycles. The van der Waals surface area contributed by atoms with Crippen molar-refractivity contribution in [3.8, 4) is 17.3 Å². The number of ether oxygens (including phenoxy) is 1. The summed E-state index contributed by atoms with van der Waals surface area (Å²) in [5.41, 5.74) is 0.579. The van der Waals surface area contributed by atoms with Crippen molar-refractivity contribution >= 4 is 5.91 Å². The minimum Gasteiger partial charge on any atom is -0.481 e. The van der Waals surface area contributed by atoms with Gasteiger partial charge in [0.2, 0.25) is 11.7 Å². The molecule has 0 radical (unpaired) electrons. The molecule has 2 atom stereocenters. The van der Waals surface area contributed by atoms with Crippen molar-refractivity contribution in [3.63, 3.8) is 0 Å². The third-order valence-electron chi connectivity index (χ3n) is 4.96. The summed E-state index contributed by atoms with van der Waals surface area (Å²) in [5, 5.41) is 3.99. The highest BCUT2D eigenvalue weighted by atomic mass is 16.5. The molecule has 2 unspecified atom stereocenters. The third-order valence-corrected chi connectivity index (χ3v) is 4.96. The zero-order valence-electron chi connectivity index (χ0n) is 16.3. The van der Waals surface area contributed by atoms with Crippen molar-refractivity contribution in [3.05, 3.63) is 54.8 Å². The number of rotatable bonds is 6. The molecule has 8 nitrogen and oxygen atoms in total. The number of hydrogen-bond donors (Lipinski definition) is 0. The van der Waals surface area contributed by atoms with Gasteiger partial charge in [-0.15, -0.1) is 0 Å². The fraction of sp³-hybridized carbons (Fsp3) is 0.381. The Morgan fingerprint density at radius 2 is 2.17 bits per heavy atom. The molecule has 1 aliphatic heterocycles. The Kier molecular flexibility index (Phi) is 5.79. The van der Waals surface area contributed by atoms with E-state index in [1.54, 1.807) is 25.5 Å². The molecule has 1 amide bonds. The lowest BCUT2D eigenvalue weighted by atomic mass is 9.94. The summed E-state index contributed by atoms with van der Waals surface area (Å²) in [6, 6.07) is 9.41. The van der Waals surface area contributed by atoms with Gasteiger partial charge in [-0.2, -0.15) is 4.98 Å². The highest BCUT2D eigenvalue weighted by molar-refractivity contribution is 5.81. The van der Waals surface area contributed by atoms with Crippen LogP contribution in [0.2, 0.25) is 0 Å². The van der Waals surface area contributed by atoms with E-state index in [4.69, 9.17) is 9.26 Å². The van der Waals surface area contributed by atoms with Crippen LogP contribution in [0.5, 0.6) is 5.75 Å². The molecule has 0 bridgehead atoms. The summed E-state index contributed by atoms with van der Waals surface area (Å²) in [6.07, 6.45) is 6.85. The van der Waals surface area contributed by atoms with Crippen LogP contribution in [0.4, 0.5) is 0 Å². The number of piperidine rings is 1. The lowest BCUT2D eigenvalue weighted by Crippen LogP contribution is -2.46. The maximum atomic E-state index is 12.8. The Hall–Kier alpha value is -3.29. The van der Waals surface area contributed by atoms with Crippen molar-refractivity contribution in [2.45, 2.75) is 32.3 Å². The van der Waals surface area contributed by atoms with Crippen LogP contribution in [0.25, 0.3) is 11.5 Å². The second kappa shape index (κ2) is 8.81. The van der Waals surface area contributed by atoms with Crippen molar-refractivity contribution in [1.29, 1.82) is 0 Å². The number of carbonyl (C=O) groups is 1. The smallest absolute Gasteiger partial charge is 0.263 e. The van der Waals surface area contributed by atoms with Crippen LogP contribution in [-0.2, 0) is 11.2 Å². The van der Waals surface area contributed by atoms with E-state index in [2.05, 4.69) is 20.1 Å². The molecule has 1 aromatic carbocycles. The van der Waals surface area contributed by atoms with Crippen LogP contribution < -0.4 is 4.74 Å². The lowest BCUT2D eigenvalue weighted by molar-refractivity contribution is -0.139. The number of amides is 1. The van der Waals surface area contributed by atoms with E-state index < -0.39 is 6.10 Å². The number of aromatic nitrogens is 4. The first-order chi connectivity index (χ1) is 14.2. The van der Waals surface area contributed by atoms with Crippen LogP contribution in [0.1, 0.15) is 25.7 Å². The number of nitrogens with zero attached hydrogens (tertiary/aromatic N) is 5. The quantitative estimate of drug-likeness (QED) is 0.635. The van der Waals surface area contributed by atoms with Crippen molar-refractivity contribution in [2.75, 3.05) is 13.1 Å². The average molecular weight is 393 g/mol. The van der Waals surface area contributed by atoms with E-state index in [1.807, 2.05) is 35.2 Å². The van der Waals surface area contributed by atoms with E-state index >= 15 is 0 Å². The molecule has 1 aliphatic rings. The van der Waals surface area contributed by atoms with Gasteiger partial charge in [-0.05, 0) is 37.8 Å². The summed E-state index contributed by atoms with van der Waals surface area (Å²) in [4.78, 5) is 27.3. The third kappa shape index (κ3) is 4.77. The molecule has 3 heterocycles. The number of carbonyl (C=O) groups excluding carboxylic acids is 1. The van der Waals surface area contributed by atoms with Crippen molar-refractivity contribution < 1.29 is 14.1 Å². The molecule has 150 valence electrons. The topological polar surface area (TPSA) is 94.2 Å². The Morgan fingerprint density at radius 1 is 1.31 bits per heavy atom. The molecule has 8 heteroatoms. The van der Waals surface area contributed by atoms with Gasteiger partial charge in [0.25, 0.3) is 5.91 Å². The van der Waals surface area contributed by atoms with Gasteiger partial charge in [-0.1, -0.05) is 23.4 Å². The molecule has 29 heavy (non-hydrogen) atoms. The highest BCUT2D eigenvalue weighted by Crippen LogP contribution is 2.23. The van der Waals surface area contributed by atoms with Crippen molar-refractivity contribution in [2.24, 2.45) is 5.92 Å². The lowest BCUT2D eigenvalue weighted by Gasteiger charge is -2.33. The Labute approximate surface area is 168 Å². The molecule has 2 aromatic heterocycles. The van der Waals surface area contributed by atoms with Crippen LogP contribution >= 0.6 is 0 Å². The van der Waals surface area contributed by atoms with E-state index in [9.17, 15) is 4.79 Å². The summed E-state index contributed by atoms with van der Waals surface area (Å²) >= 11 is 0. The van der Waals surface area contributed by atoms with Gasteiger partial charge in [0.1, 0.15) is 11.4 Å². The molecular weight excluding hydrogens is 370 g/mol. The molecule has 0 spiro atoms. The predicted molar refractivity (Wildman–Crippen MR) is 105 cm³/mol. The largest absolute Gasteiger partial charge is 0.481 e. The monoisotopic (exact) mass is 393 g/mol. The van der Waals surface area contributed by atoms with Gasteiger partial charge >= 0.3 is 0 Å². The SMILES string of the molecule is CC(Oc1ccccc1)C(=O)N1CCCC(Cc2nc(-c3cnccn3)no2)C1. The van der Waals surface area contributed by atoms with Gasteiger partial charge in [0.05, 0.1) is 6.20 Å². The summed E-state index contributed by atoms with van der Waals surface area (Å²) in [6.45, 7) is 3.20. The van der Waals surface area contributed by atoms with Crippen molar-refractivity contribution in [1.82, 2.24) is 25.0 Å². The standard InChI is InChI=1S/C21H23N5O3/c1-15(28-17-7-3-2-4-8-17)21(27)26-11-5-6-16(14-26)12-19-24-20(25-29-19)18-13-22-9-10-23-18/h2-4,7-10,13,15-16H,5-6,11-12,14H2,1H3. The fourth-order valence-electron chi connectivity index (χ4n) is 3.55. The molecule has 0 saturated carbocycles. The minimum absolute atomic E-state index is 0.00401. The van der Waals surface area contributed by atoms with Crippen LogP contribution in [0.3, 0.4) is 0 Å². The number of benzene rings is 1. The maximum Gasteiger partial charge on any atom is 0.263 e. The number of likely N-dealkylation sites (tertiary alicyclic amines) is 1. The maximum absolute atomic E-state index is 12.8. The fourth-order valence-corrected chi connectivity index (χ4v) is 3.55. The van der Waals surface area contributed by atoms with E-state index in [0.29, 0.717) is 36.1 Å². The molecule has 3 aromatic rings. The van der Waals surface area contributed by atoms with Gasteiger partial charge in [-0.3, -0.25) is 9.78 Å². The summed E-state index contributed by atoms with van der Waals surface area (Å²) in [7, 11) is 0. The van der Waals surface area contributed by atoms with Gasteiger partial charge in [0, 0.05) is 31.9 Å². The predicted octanol–water partition coefficient (Wildman–Crippen LogP) is 2.78. The molecule has 4 rings (SSSR count). The average Bonchev–Trinajstić information content (AvgIpc) is 3.23. The number of para-hydroxylation sites is 1.